The van der Waals surface area contributed by atoms with Crippen LogP contribution in [0.5, 0.6) is 0 Å². The van der Waals surface area contributed by atoms with Crippen molar-refractivity contribution in [2.45, 2.75) is 72.5 Å². The highest BCUT2D eigenvalue weighted by molar-refractivity contribution is 6.74. The molecule has 0 N–H and O–H groups in total. The summed E-state index contributed by atoms with van der Waals surface area (Å²) < 4.78 is 6.58. The van der Waals surface area contributed by atoms with Crippen molar-refractivity contribution in [3.8, 4) is 0 Å². The summed E-state index contributed by atoms with van der Waals surface area (Å²) in [6, 6.07) is 0. The molecule has 0 radical (unpaired) electrons. The number of allylic oxidation sites excluding steroid dienone is 3. The van der Waals surface area contributed by atoms with Crippen molar-refractivity contribution in [2.75, 3.05) is 0 Å². The van der Waals surface area contributed by atoms with Crippen LogP contribution in [0.15, 0.2) is 23.5 Å². The second-order valence-electron chi connectivity index (χ2n) is 7.85. The van der Waals surface area contributed by atoms with Crippen molar-refractivity contribution in [3.63, 3.8) is 0 Å². The van der Waals surface area contributed by atoms with Gasteiger partial charge in [-0.15, -0.1) is 0 Å². The van der Waals surface area contributed by atoms with Crippen molar-refractivity contribution in [2.24, 2.45) is 11.8 Å². The lowest BCUT2D eigenvalue weighted by Gasteiger charge is -2.41. The molecule has 0 amide bonds. The molecule has 0 bridgehead atoms. The van der Waals surface area contributed by atoms with Gasteiger partial charge in [0.1, 0.15) is 0 Å². The van der Waals surface area contributed by atoms with Gasteiger partial charge in [-0.25, -0.2) is 0 Å². The predicted octanol–water partition coefficient (Wildman–Crippen LogP) is 5.90. The van der Waals surface area contributed by atoms with Gasteiger partial charge in [-0.1, -0.05) is 39.8 Å². The zero-order valence-electron chi connectivity index (χ0n) is 14.2. The molecule has 0 aromatic rings. The van der Waals surface area contributed by atoms with Gasteiger partial charge in [-0.2, -0.15) is 0 Å². The van der Waals surface area contributed by atoms with Crippen LogP contribution in [0.3, 0.4) is 0 Å². The molecule has 110 valence electrons. The molecular weight excluding hydrogens is 248 g/mol. The molecule has 1 rings (SSSR count). The van der Waals surface area contributed by atoms with Crippen molar-refractivity contribution in [3.05, 3.63) is 23.5 Å². The Balaban J connectivity index is 2.98. The SMILES string of the molecule is C=C(C)[C@@H]1CC(O[Si](C)(C)C(C)(C)C)=C(C)[C@@H](C)C1. The quantitative estimate of drug-likeness (QED) is 0.461. The fourth-order valence-electron chi connectivity index (χ4n) is 2.31. The number of hydrogen-bond donors (Lipinski definition) is 0. The van der Waals surface area contributed by atoms with E-state index in [0.29, 0.717) is 11.8 Å². The minimum absolute atomic E-state index is 0.264. The second-order valence-corrected chi connectivity index (χ2v) is 12.6. The molecule has 0 aromatic heterocycles. The molecule has 0 unspecified atom stereocenters. The van der Waals surface area contributed by atoms with E-state index in [-0.39, 0.29) is 5.04 Å². The van der Waals surface area contributed by atoms with Crippen molar-refractivity contribution in [1.82, 2.24) is 0 Å². The number of rotatable bonds is 3. The molecule has 1 nitrogen and oxygen atoms in total. The van der Waals surface area contributed by atoms with Crippen LogP contribution >= 0.6 is 0 Å². The third-order valence-electron chi connectivity index (χ3n) is 5.13. The van der Waals surface area contributed by atoms with E-state index in [1.165, 1.54) is 23.3 Å². The lowest BCUT2D eigenvalue weighted by Crippen LogP contribution is -2.41. The first kappa shape index (κ1) is 16.6. The van der Waals surface area contributed by atoms with Crippen LogP contribution < -0.4 is 0 Å². The first-order valence-electron chi connectivity index (χ1n) is 7.49. The van der Waals surface area contributed by atoms with E-state index in [9.17, 15) is 0 Å². The molecular formula is C17H32OSi. The average molecular weight is 281 g/mol. The van der Waals surface area contributed by atoms with Gasteiger partial charge in [0, 0.05) is 6.42 Å². The highest BCUT2D eigenvalue weighted by atomic mass is 28.4. The summed E-state index contributed by atoms with van der Waals surface area (Å²) in [4.78, 5) is 0. The van der Waals surface area contributed by atoms with Crippen LogP contribution in [-0.4, -0.2) is 8.32 Å². The first-order valence-corrected chi connectivity index (χ1v) is 10.4. The fraction of sp³-hybridized carbons (Fsp3) is 0.765. The lowest BCUT2D eigenvalue weighted by molar-refractivity contribution is 0.298. The smallest absolute Gasteiger partial charge is 0.250 e. The molecule has 0 saturated carbocycles. The Morgan fingerprint density at radius 1 is 1.32 bits per heavy atom. The largest absolute Gasteiger partial charge is 0.547 e. The molecule has 1 aliphatic rings. The van der Waals surface area contributed by atoms with E-state index < -0.39 is 8.32 Å². The van der Waals surface area contributed by atoms with Crippen LogP contribution in [0, 0.1) is 11.8 Å². The fourth-order valence-corrected chi connectivity index (χ4v) is 3.47. The van der Waals surface area contributed by atoms with E-state index in [1.54, 1.807) is 0 Å². The third-order valence-corrected chi connectivity index (χ3v) is 9.50. The zero-order valence-corrected chi connectivity index (χ0v) is 15.2. The zero-order chi connectivity index (χ0) is 15.0. The Labute approximate surface area is 121 Å². The van der Waals surface area contributed by atoms with Crippen LogP contribution in [-0.2, 0) is 4.43 Å². The minimum Gasteiger partial charge on any atom is -0.547 e. The minimum atomic E-state index is -1.72. The van der Waals surface area contributed by atoms with E-state index in [4.69, 9.17) is 4.43 Å². The van der Waals surface area contributed by atoms with Crippen molar-refractivity contribution >= 4 is 8.32 Å². The maximum absolute atomic E-state index is 6.58. The highest BCUT2D eigenvalue weighted by Crippen LogP contribution is 2.43. The number of hydrogen-bond acceptors (Lipinski definition) is 1. The van der Waals surface area contributed by atoms with Gasteiger partial charge in [0.2, 0.25) is 8.32 Å². The molecule has 0 spiro atoms. The second kappa shape index (κ2) is 5.47. The van der Waals surface area contributed by atoms with Crippen LogP contribution in [0.25, 0.3) is 0 Å². The van der Waals surface area contributed by atoms with Crippen LogP contribution in [0.4, 0.5) is 0 Å². The normalized spacial score (nSPS) is 25.5. The van der Waals surface area contributed by atoms with Gasteiger partial charge in [0.05, 0.1) is 5.76 Å². The van der Waals surface area contributed by atoms with Crippen LogP contribution in [0.1, 0.15) is 54.4 Å². The van der Waals surface area contributed by atoms with Gasteiger partial charge in [0.25, 0.3) is 0 Å². The Kier molecular flexibility index (Phi) is 4.77. The summed E-state index contributed by atoms with van der Waals surface area (Å²) in [6.07, 6.45) is 2.28. The Morgan fingerprint density at radius 3 is 2.26 bits per heavy atom. The first-order chi connectivity index (χ1) is 8.45. The van der Waals surface area contributed by atoms with Gasteiger partial charge in [-0.3, -0.25) is 0 Å². The van der Waals surface area contributed by atoms with Gasteiger partial charge >= 0.3 is 0 Å². The van der Waals surface area contributed by atoms with Gasteiger partial charge < -0.3 is 4.43 Å². The standard InChI is InChI=1S/C17H32OSi/c1-12(2)15-10-13(3)14(4)16(11-15)18-19(8,9)17(5,6)7/h13,15H,1,10-11H2,2-9H3/t13-,15-/m0/s1. The molecule has 0 aliphatic heterocycles. The van der Waals surface area contributed by atoms with Crippen molar-refractivity contribution in [1.29, 1.82) is 0 Å². The topological polar surface area (TPSA) is 9.23 Å². The van der Waals surface area contributed by atoms with E-state index >= 15 is 0 Å². The summed E-state index contributed by atoms with van der Waals surface area (Å²) in [7, 11) is -1.72. The molecule has 2 atom stereocenters. The van der Waals surface area contributed by atoms with Crippen LogP contribution in [0.2, 0.25) is 18.1 Å². The highest BCUT2D eigenvalue weighted by Gasteiger charge is 2.40. The van der Waals surface area contributed by atoms with E-state index in [1.807, 2.05) is 0 Å². The van der Waals surface area contributed by atoms with E-state index in [2.05, 4.69) is 61.2 Å². The summed E-state index contributed by atoms with van der Waals surface area (Å²) >= 11 is 0. The van der Waals surface area contributed by atoms with E-state index in [0.717, 1.165) is 6.42 Å². The average Bonchev–Trinajstić information content (AvgIpc) is 2.22. The molecule has 0 saturated heterocycles. The summed E-state index contributed by atoms with van der Waals surface area (Å²) in [6.45, 7) is 22.5. The molecule has 19 heavy (non-hydrogen) atoms. The molecule has 1 aliphatic carbocycles. The summed E-state index contributed by atoms with van der Waals surface area (Å²) in [5.74, 6) is 2.48. The monoisotopic (exact) mass is 280 g/mol. The molecule has 0 aromatic carbocycles. The Morgan fingerprint density at radius 2 is 1.84 bits per heavy atom. The van der Waals surface area contributed by atoms with Crippen molar-refractivity contribution < 1.29 is 4.43 Å². The molecule has 2 heteroatoms. The Hall–Kier alpha value is -0.503. The Bertz CT molecular complexity index is 385. The summed E-state index contributed by atoms with van der Waals surface area (Å²) in [5, 5.41) is 0.264. The third kappa shape index (κ3) is 3.74. The maximum Gasteiger partial charge on any atom is 0.250 e. The van der Waals surface area contributed by atoms with Gasteiger partial charge in [-0.05, 0) is 55.8 Å². The summed E-state index contributed by atoms with van der Waals surface area (Å²) in [5.41, 5.74) is 2.76. The molecule has 0 fully saturated rings. The predicted molar refractivity (Wildman–Crippen MR) is 87.7 cm³/mol. The molecule has 0 heterocycles. The lowest BCUT2D eigenvalue weighted by atomic mass is 9.79. The van der Waals surface area contributed by atoms with Gasteiger partial charge in [0.15, 0.2) is 0 Å². The maximum atomic E-state index is 6.58.